The number of hydrogen-bond acceptors (Lipinski definition) is 6. The van der Waals surface area contributed by atoms with Gasteiger partial charge in [-0.2, -0.15) is 0 Å². The van der Waals surface area contributed by atoms with Crippen LogP contribution in [0, 0.1) is 10.1 Å². The Hall–Kier alpha value is -2.29. The molecule has 2 atom stereocenters. The SMILES string of the molecule is CC(C)(C)NC(=O)OC1SC(c2cccc([N+](=O)[O-])c2)NC1=O. The molecule has 1 aromatic carbocycles. The van der Waals surface area contributed by atoms with E-state index in [1.165, 1.54) is 12.1 Å². The smallest absolute Gasteiger partial charge is 0.409 e. The Labute approximate surface area is 137 Å². The molecule has 9 heteroatoms. The van der Waals surface area contributed by atoms with E-state index in [9.17, 15) is 19.7 Å². The summed E-state index contributed by atoms with van der Waals surface area (Å²) in [5.74, 6) is -0.449. The molecule has 1 aliphatic heterocycles. The normalized spacial score (nSPS) is 20.7. The zero-order chi connectivity index (χ0) is 17.2. The molecule has 0 radical (unpaired) electrons. The molecule has 1 heterocycles. The van der Waals surface area contributed by atoms with Crippen molar-refractivity contribution in [1.29, 1.82) is 0 Å². The van der Waals surface area contributed by atoms with Crippen LogP contribution in [0.2, 0.25) is 0 Å². The third kappa shape index (κ3) is 4.59. The standard InChI is InChI=1S/C14H17N3O5S/c1-14(2,3)16-13(19)22-12-10(18)15-11(23-12)8-5-4-6-9(7-8)17(20)21/h4-7,11-12H,1-3H3,(H,15,18)(H,16,19). The van der Waals surface area contributed by atoms with Crippen molar-refractivity contribution in [2.75, 3.05) is 0 Å². The average molecular weight is 339 g/mol. The minimum atomic E-state index is -0.999. The fraction of sp³-hybridized carbons (Fsp3) is 0.429. The number of hydrogen-bond donors (Lipinski definition) is 2. The maximum absolute atomic E-state index is 11.9. The van der Waals surface area contributed by atoms with Gasteiger partial charge in [0.1, 0.15) is 5.37 Å². The van der Waals surface area contributed by atoms with E-state index in [0.717, 1.165) is 11.8 Å². The molecule has 8 nitrogen and oxygen atoms in total. The topological polar surface area (TPSA) is 111 Å². The minimum Gasteiger partial charge on any atom is -0.425 e. The van der Waals surface area contributed by atoms with Crippen LogP contribution in [0.3, 0.4) is 0 Å². The van der Waals surface area contributed by atoms with Crippen LogP contribution in [-0.4, -0.2) is 27.9 Å². The lowest BCUT2D eigenvalue weighted by molar-refractivity contribution is -0.384. The molecule has 1 aromatic rings. The van der Waals surface area contributed by atoms with E-state index in [4.69, 9.17) is 4.74 Å². The first-order valence-electron chi connectivity index (χ1n) is 6.85. The second kappa shape index (κ2) is 6.45. The van der Waals surface area contributed by atoms with Gasteiger partial charge in [-0.15, -0.1) is 0 Å². The number of nitro groups is 1. The predicted molar refractivity (Wildman–Crippen MR) is 84.7 cm³/mol. The van der Waals surface area contributed by atoms with Crippen molar-refractivity contribution in [3.8, 4) is 0 Å². The fourth-order valence-electron chi connectivity index (χ4n) is 1.89. The molecule has 2 unspecified atom stereocenters. The van der Waals surface area contributed by atoms with Crippen LogP contribution in [0.5, 0.6) is 0 Å². The number of carbonyl (C=O) groups is 2. The Morgan fingerprint density at radius 3 is 2.74 bits per heavy atom. The van der Waals surface area contributed by atoms with Gasteiger partial charge in [-0.25, -0.2) is 4.79 Å². The van der Waals surface area contributed by atoms with Gasteiger partial charge in [-0.1, -0.05) is 23.9 Å². The van der Waals surface area contributed by atoms with Crippen LogP contribution in [0.15, 0.2) is 24.3 Å². The second-order valence-corrected chi connectivity index (χ2v) is 7.16. The lowest BCUT2D eigenvalue weighted by Gasteiger charge is -2.21. The summed E-state index contributed by atoms with van der Waals surface area (Å²) in [5, 5.41) is 15.6. The van der Waals surface area contributed by atoms with Gasteiger partial charge in [0.15, 0.2) is 0 Å². The Morgan fingerprint density at radius 1 is 1.43 bits per heavy atom. The lowest BCUT2D eigenvalue weighted by atomic mass is 10.1. The third-order valence-electron chi connectivity index (χ3n) is 2.82. The minimum absolute atomic E-state index is 0.0628. The molecule has 0 spiro atoms. The molecule has 124 valence electrons. The van der Waals surface area contributed by atoms with E-state index >= 15 is 0 Å². The summed E-state index contributed by atoms with van der Waals surface area (Å²) in [6.45, 7) is 5.38. The van der Waals surface area contributed by atoms with Crippen molar-refractivity contribution >= 4 is 29.4 Å². The molecule has 1 aliphatic rings. The summed E-state index contributed by atoms with van der Waals surface area (Å²) in [5.41, 5.74) is -0.968. The molecule has 2 N–H and O–H groups in total. The summed E-state index contributed by atoms with van der Waals surface area (Å²) in [6.07, 6.45) is -0.690. The number of thioether (sulfide) groups is 1. The maximum atomic E-state index is 11.9. The summed E-state index contributed by atoms with van der Waals surface area (Å²) in [4.78, 5) is 33.9. The zero-order valence-electron chi connectivity index (χ0n) is 12.9. The number of benzene rings is 1. The first-order chi connectivity index (χ1) is 10.7. The maximum Gasteiger partial charge on any atom is 0.409 e. The molecular formula is C14H17N3O5S. The Morgan fingerprint density at radius 2 is 2.13 bits per heavy atom. The Kier molecular flexibility index (Phi) is 4.79. The van der Waals surface area contributed by atoms with E-state index in [1.807, 2.05) is 0 Å². The Bertz CT molecular complexity index is 644. The number of ether oxygens (including phenoxy) is 1. The van der Waals surface area contributed by atoms with Crippen LogP contribution in [0.1, 0.15) is 31.7 Å². The van der Waals surface area contributed by atoms with Crippen LogP contribution in [0.25, 0.3) is 0 Å². The number of non-ortho nitro benzene ring substituents is 1. The van der Waals surface area contributed by atoms with E-state index < -0.39 is 33.3 Å². The largest absolute Gasteiger partial charge is 0.425 e. The monoisotopic (exact) mass is 339 g/mol. The number of carbonyl (C=O) groups excluding carboxylic acids is 2. The predicted octanol–water partition coefficient (Wildman–Crippen LogP) is 2.31. The summed E-state index contributed by atoms with van der Waals surface area (Å²) >= 11 is 1.08. The highest BCUT2D eigenvalue weighted by molar-refractivity contribution is 8.01. The van der Waals surface area contributed by atoms with Crippen molar-refractivity contribution in [1.82, 2.24) is 10.6 Å². The van der Waals surface area contributed by atoms with Crippen molar-refractivity contribution < 1.29 is 19.2 Å². The molecule has 23 heavy (non-hydrogen) atoms. The average Bonchev–Trinajstić information content (AvgIpc) is 2.78. The van der Waals surface area contributed by atoms with Crippen LogP contribution in [-0.2, 0) is 9.53 Å². The number of nitro benzene ring substituents is 1. The highest BCUT2D eigenvalue weighted by atomic mass is 32.2. The summed E-state index contributed by atoms with van der Waals surface area (Å²) < 4.78 is 5.10. The van der Waals surface area contributed by atoms with Gasteiger partial charge in [0.25, 0.3) is 11.6 Å². The van der Waals surface area contributed by atoms with Gasteiger partial charge in [-0.05, 0) is 26.3 Å². The molecule has 0 aromatic heterocycles. The highest BCUT2D eigenvalue weighted by Gasteiger charge is 2.37. The number of rotatable bonds is 3. The van der Waals surface area contributed by atoms with Gasteiger partial charge in [0, 0.05) is 17.7 Å². The molecule has 2 rings (SSSR count). The van der Waals surface area contributed by atoms with Crippen molar-refractivity contribution in [2.24, 2.45) is 0 Å². The molecule has 2 amide bonds. The van der Waals surface area contributed by atoms with Crippen molar-refractivity contribution in [2.45, 2.75) is 37.1 Å². The third-order valence-corrected chi connectivity index (χ3v) is 4.04. The quantitative estimate of drug-likeness (QED) is 0.646. The first kappa shape index (κ1) is 17.1. The van der Waals surface area contributed by atoms with Crippen molar-refractivity contribution in [3.05, 3.63) is 39.9 Å². The number of nitrogens with one attached hydrogen (secondary N) is 2. The zero-order valence-corrected chi connectivity index (χ0v) is 13.7. The fourth-order valence-corrected chi connectivity index (χ4v) is 2.96. The van der Waals surface area contributed by atoms with E-state index in [1.54, 1.807) is 32.9 Å². The molecule has 1 saturated heterocycles. The van der Waals surface area contributed by atoms with E-state index in [-0.39, 0.29) is 5.69 Å². The highest BCUT2D eigenvalue weighted by Crippen LogP contribution is 2.37. The second-order valence-electron chi connectivity index (χ2n) is 5.99. The molecule has 0 saturated carbocycles. The number of amides is 2. The Balaban J connectivity index is 2.04. The summed E-state index contributed by atoms with van der Waals surface area (Å²) in [6, 6.07) is 5.97. The van der Waals surface area contributed by atoms with Crippen LogP contribution in [0.4, 0.5) is 10.5 Å². The van der Waals surface area contributed by atoms with Gasteiger partial charge in [-0.3, -0.25) is 14.9 Å². The van der Waals surface area contributed by atoms with E-state index in [2.05, 4.69) is 10.6 Å². The van der Waals surface area contributed by atoms with Crippen LogP contribution >= 0.6 is 11.8 Å². The van der Waals surface area contributed by atoms with Gasteiger partial charge >= 0.3 is 6.09 Å². The summed E-state index contributed by atoms with van der Waals surface area (Å²) in [7, 11) is 0. The number of alkyl carbamates (subject to hydrolysis) is 1. The van der Waals surface area contributed by atoms with Gasteiger partial charge in [0.2, 0.25) is 5.44 Å². The first-order valence-corrected chi connectivity index (χ1v) is 7.79. The van der Waals surface area contributed by atoms with Gasteiger partial charge in [0.05, 0.1) is 4.92 Å². The molecular weight excluding hydrogens is 322 g/mol. The van der Waals surface area contributed by atoms with E-state index in [0.29, 0.717) is 5.56 Å². The van der Waals surface area contributed by atoms with Crippen LogP contribution < -0.4 is 10.6 Å². The van der Waals surface area contributed by atoms with Crippen molar-refractivity contribution in [3.63, 3.8) is 0 Å². The van der Waals surface area contributed by atoms with Gasteiger partial charge < -0.3 is 15.4 Å². The lowest BCUT2D eigenvalue weighted by Crippen LogP contribution is -2.43. The molecule has 0 bridgehead atoms. The molecule has 0 aliphatic carbocycles. The molecule has 1 fully saturated rings. The number of nitrogens with zero attached hydrogens (tertiary/aromatic N) is 1.